The van der Waals surface area contributed by atoms with Crippen molar-refractivity contribution in [1.29, 1.82) is 0 Å². The molecule has 6 nitrogen and oxygen atoms in total. The summed E-state index contributed by atoms with van der Waals surface area (Å²) >= 11 is 12.6. The summed E-state index contributed by atoms with van der Waals surface area (Å²) in [6, 6.07) is 8.57. The fraction of sp³-hybridized carbons (Fsp3) is 0.435. The Morgan fingerprint density at radius 3 is 2.36 bits per heavy atom. The van der Waals surface area contributed by atoms with Crippen LogP contribution in [0.1, 0.15) is 36.5 Å². The molecule has 2 aliphatic rings. The monoisotopic (exact) mass is 513 g/mol. The molecule has 0 aromatic heterocycles. The summed E-state index contributed by atoms with van der Waals surface area (Å²) in [5, 5.41) is 0.567. The van der Waals surface area contributed by atoms with Crippen LogP contribution in [0.2, 0.25) is 10.0 Å². The van der Waals surface area contributed by atoms with Crippen molar-refractivity contribution in [2.45, 2.75) is 43.2 Å². The maximum atomic E-state index is 13.4. The van der Waals surface area contributed by atoms with Gasteiger partial charge in [0.25, 0.3) is 5.91 Å². The number of sulfonamides is 1. The summed E-state index contributed by atoms with van der Waals surface area (Å²) in [6.45, 7) is 3.26. The normalized spacial score (nSPS) is 20.5. The second-order valence-electron chi connectivity index (χ2n) is 8.57. The number of carbonyl (C=O) groups is 1. The van der Waals surface area contributed by atoms with Crippen LogP contribution in [-0.2, 0) is 10.0 Å². The van der Waals surface area contributed by atoms with Crippen LogP contribution >= 0.6 is 23.2 Å². The van der Waals surface area contributed by atoms with Gasteiger partial charge < -0.3 is 9.80 Å². The lowest BCUT2D eigenvalue weighted by molar-refractivity contribution is 0.0718. The van der Waals surface area contributed by atoms with Crippen molar-refractivity contribution < 1.29 is 17.6 Å². The smallest absolute Gasteiger partial charge is 0.255 e. The van der Waals surface area contributed by atoms with Crippen LogP contribution in [0.5, 0.6) is 0 Å². The third-order valence-electron chi connectivity index (χ3n) is 6.37. The molecule has 2 saturated heterocycles. The highest BCUT2D eigenvalue weighted by Gasteiger charge is 2.42. The molecule has 0 N–H and O–H groups in total. The molecular weight excluding hydrogens is 488 g/mol. The number of carbonyl (C=O) groups excluding carboxylic acids is 1. The maximum absolute atomic E-state index is 13.4. The van der Waals surface area contributed by atoms with Crippen LogP contribution in [-0.4, -0.2) is 62.3 Å². The van der Waals surface area contributed by atoms with Crippen molar-refractivity contribution in [2.75, 3.05) is 31.6 Å². The lowest BCUT2D eigenvalue weighted by atomic mass is 10.1. The van der Waals surface area contributed by atoms with Gasteiger partial charge in [0.2, 0.25) is 10.0 Å². The Kier molecular flexibility index (Phi) is 6.92. The largest absolute Gasteiger partial charge is 0.361 e. The summed E-state index contributed by atoms with van der Waals surface area (Å²) in [7, 11) is -2.05. The van der Waals surface area contributed by atoms with Crippen LogP contribution in [0.25, 0.3) is 0 Å². The Labute approximate surface area is 203 Å². The van der Waals surface area contributed by atoms with Gasteiger partial charge in [-0.15, -0.1) is 0 Å². The van der Waals surface area contributed by atoms with E-state index >= 15 is 0 Å². The van der Waals surface area contributed by atoms with E-state index in [0.717, 1.165) is 18.9 Å². The fourth-order valence-electron chi connectivity index (χ4n) is 4.76. The Bertz CT molecular complexity index is 1160. The molecular formula is C23H26Cl2FN3O3S. The van der Waals surface area contributed by atoms with E-state index < -0.39 is 15.8 Å². The number of anilines is 1. The predicted octanol–water partition coefficient (Wildman–Crippen LogP) is 4.66. The van der Waals surface area contributed by atoms with Crippen molar-refractivity contribution in [2.24, 2.45) is 0 Å². The van der Waals surface area contributed by atoms with Crippen molar-refractivity contribution in [3.63, 3.8) is 0 Å². The first-order valence-electron chi connectivity index (χ1n) is 10.9. The minimum absolute atomic E-state index is 0.00394. The molecule has 178 valence electrons. The predicted molar refractivity (Wildman–Crippen MR) is 128 cm³/mol. The highest BCUT2D eigenvalue weighted by molar-refractivity contribution is 7.89. The van der Waals surface area contributed by atoms with Gasteiger partial charge in [0, 0.05) is 38.8 Å². The SMILES string of the molecule is CCCN(C)S(=O)(=O)c1ccc(Cl)c(N2[C@@H]3CC[C@H]2CN(C(=O)c2ccc(F)cc2Cl)C3)c1. The van der Waals surface area contributed by atoms with E-state index in [9.17, 15) is 17.6 Å². The summed E-state index contributed by atoms with van der Waals surface area (Å²) in [5.41, 5.74) is 0.943. The molecule has 2 aromatic rings. The quantitative estimate of drug-likeness (QED) is 0.563. The Morgan fingerprint density at radius 2 is 1.76 bits per heavy atom. The number of halogens is 3. The summed E-state index contributed by atoms with van der Waals surface area (Å²) in [5.74, 6) is -0.726. The Hall–Kier alpha value is -1.87. The Balaban J connectivity index is 1.60. The van der Waals surface area contributed by atoms with Gasteiger partial charge in [-0.3, -0.25) is 4.79 Å². The minimum Gasteiger partial charge on any atom is -0.361 e. The van der Waals surface area contributed by atoms with Gasteiger partial charge in [-0.1, -0.05) is 30.1 Å². The molecule has 0 radical (unpaired) electrons. The third kappa shape index (κ3) is 4.58. The van der Waals surface area contributed by atoms with E-state index in [2.05, 4.69) is 4.90 Å². The van der Waals surface area contributed by atoms with Crippen LogP contribution in [0.15, 0.2) is 41.3 Å². The van der Waals surface area contributed by atoms with Gasteiger partial charge in [-0.25, -0.2) is 17.1 Å². The molecule has 2 fully saturated rings. The molecule has 2 bridgehead atoms. The van der Waals surface area contributed by atoms with Crippen LogP contribution in [0.3, 0.4) is 0 Å². The fourth-order valence-corrected chi connectivity index (χ4v) is 6.51. The van der Waals surface area contributed by atoms with Crippen molar-refractivity contribution in [3.8, 4) is 0 Å². The molecule has 0 spiro atoms. The van der Waals surface area contributed by atoms with Gasteiger partial charge in [-0.05, 0) is 55.7 Å². The first kappa shape index (κ1) is 24.3. The second-order valence-corrected chi connectivity index (χ2v) is 11.4. The highest BCUT2D eigenvalue weighted by atomic mass is 35.5. The van der Waals surface area contributed by atoms with Gasteiger partial charge >= 0.3 is 0 Å². The number of hydrogen-bond donors (Lipinski definition) is 0. The van der Waals surface area contributed by atoms with E-state index in [0.29, 0.717) is 36.8 Å². The van der Waals surface area contributed by atoms with E-state index in [1.54, 1.807) is 24.1 Å². The highest BCUT2D eigenvalue weighted by Crippen LogP contribution is 2.40. The van der Waals surface area contributed by atoms with Gasteiger partial charge in [-0.2, -0.15) is 0 Å². The van der Waals surface area contributed by atoms with E-state index in [1.165, 1.54) is 22.5 Å². The summed E-state index contributed by atoms with van der Waals surface area (Å²) in [6.07, 6.45) is 2.43. The standard InChI is InChI=1S/C23H26Cl2FN3O3S/c1-3-10-27(2)33(31,32)18-7-9-20(24)22(12-18)29-16-5-6-17(29)14-28(13-16)23(30)19-8-4-15(26)11-21(19)25/h4,7-9,11-12,16-17H,3,5-6,10,13-14H2,1-2H3/t16-,17+. The molecule has 4 rings (SSSR count). The molecule has 0 saturated carbocycles. The number of likely N-dealkylation sites (tertiary alicyclic amines) is 1. The lowest BCUT2D eigenvalue weighted by Gasteiger charge is -2.43. The number of piperazine rings is 1. The zero-order valence-corrected chi connectivity index (χ0v) is 20.8. The summed E-state index contributed by atoms with van der Waals surface area (Å²) < 4.78 is 40.7. The topological polar surface area (TPSA) is 60.9 Å². The number of rotatable bonds is 6. The number of hydrogen-bond acceptors (Lipinski definition) is 4. The molecule has 2 atom stereocenters. The molecule has 0 aliphatic carbocycles. The molecule has 1 amide bonds. The molecule has 0 unspecified atom stereocenters. The minimum atomic E-state index is -3.62. The van der Waals surface area contributed by atoms with Crippen LogP contribution in [0.4, 0.5) is 10.1 Å². The van der Waals surface area contributed by atoms with Crippen molar-refractivity contribution in [1.82, 2.24) is 9.21 Å². The molecule has 33 heavy (non-hydrogen) atoms. The second kappa shape index (κ2) is 9.41. The van der Waals surface area contributed by atoms with Gasteiger partial charge in [0.05, 0.1) is 26.2 Å². The maximum Gasteiger partial charge on any atom is 0.255 e. The zero-order chi connectivity index (χ0) is 23.9. The lowest BCUT2D eigenvalue weighted by Crippen LogP contribution is -2.55. The third-order valence-corrected chi connectivity index (χ3v) is 8.86. The molecule has 2 aromatic carbocycles. The van der Waals surface area contributed by atoms with E-state index in [-0.39, 0.29) is 33.5 Å². The van der Waals surface area contributed by atoms with E-state index in [4.69, 9.17) is 23.2 Å². The van der Waals surface area contributed by atoms with E-state index in [1.807, 2.05) is 6.92 Å². The molecule has 2 heterocycles. The number of nitrogens with zero attached hydrogens (tertiary/aromatic N) is 3. The van der Waals surface area contributed by atoms with Crippen molar-refractivity contribution in [3.05, 3.63) is 57.8 Å². The van der Waals surface area contributed by atoms with Gasteiger partial charge in [0.15, 0.2) is 0 Å². The zero-order valence-electron chi connectivity index (χ0n) is 18.5. The summed E-state index contributed by atoms with van der Waals surface area (Å²) in [4.78, 5) is 17.2. The Morgan fingerprint density at radius 1 is 1.09 bits per heavy atom. The first-order chi connectivity index (χ1) is 15.6. The number of amides is 1. The average molecular weight is 514 g/mol. The first-order valence-corrected chi connectivity index (χ1v) is 13.1. The molecule has 10 heteroatoms. The average Bonchev–Trinajstić information content (AvgIpc) is 3.02. The molecule has 2 aliphatic heterocycles. The number of benzene rings is 2. The van der Waals surface area contributed by atoms with Crippen LogP contribution in [0, 0.1) is 5.82 Å². The number of fused-ring (bicyclic) bond motifs is 2. The van der Waals surface area contributed by atoms with Crippen molar-refractivity contribution >= 4 is 44.8 Å². The van der Waals surface area contributed by atoms with Gasteiger partial charge in [0.1, 0.15) is 5.82 Å². The van der Waals surface area contributed by atoms with Crippen LogP contribution < -0.4 is 4.90 Å².